The number of methoxy groups -OCH3 is 2. The Bertz CT molecular complexity index is 1100. The molecule has 3 aromatic rings. The summed E-state index contributed by atoms with van der Waals surface area (Å²) >= 11 is 0. The average Bonchev–Trinajstić information content (AvgIpc) is 3.12. The van der Waals surface area contributed by atoms with Crippen LogP contribution in [0.5, 0.6) is 11.5 Å². The zero-order chi connectivity index (χ0) is 22.7. The zero-order valence-electron chi connectivity index (χ0n) is 19.1. The summed E-state index contributed by atoms with van der Waals surface area (Å²) in [6.07, 6.45) is 3.88. The number of amides is 1. The van der Waals surface area contributed by atoms with Crippen LogP contribution in [0.3, 0.4) is 0 Å². The molecule has 3 heterocycles. The van der Waals surface area contributed by atoms with Crippen LogP contribution in [0.25, 0.3) is 11.1 Å². The Balaban J connectivity index is 1.31. The van der Waals surface area contributed by atoms with Gasteiger partial charge < -0.3 is 24.1 Å². The standard InChI is InChI=1S/C24H30N4O4/c1-15-16(2)32-24-21(15)22(26-14-27-24)28-11-8-18(9-12-28)23(29)25-10-7-17-5-6-19(30-3)20(13-17)31-4/h5-6,13-14,18H,7-12H2,1-4H3,(H,25,29). The lowest BCUT2D eigenvalue weighted by Crippen LogP contribution is -2.41. The second kappa shape index (κ2) is 9.46. The van der Waals surface area contributed by atoms with Crippen molar-refractivity contribution in [3.05, 3.63) is 41.4 Å². The maximum Gasteiger partial charge on any atom is 0.231 e. The third-order valence-corrected chi connectivity index (χ3v) is 6.27. The monoisotopic (exact) mass is 438 g/mol. The second-order valence-corrected chi connectivity index (χ2v) is 8.15. The van der Waals surface area contributed by atoms with Gasteiger partial charge in [0.15, 0.2) is 11.5 Å². The van der Waals surface area contributed by atoms with E-state index in [0.29, 0.717) is 23.8 Å². The lowest BCUT2D eigenvalue weighted by atomic mass is 9.95. The van der Waals surface area contributed by atoms with Gasteiger partial charge in [0.05, 0.1) is 19.6 Å². The first-order valence-corrected chi connectivity index (χ1v) is 11.0. The highest BCUT2D eigenvalue weighted by molar-refractivity contribution is 5.90. The lowest BCUT2D eigenvalue weighted by Gasteiger charge is -2.32. The quantitative estimate of drug-likeness (QED) is 0.604. The van der Waals surface area contributed by atoms with Crippen LogP contribution in [-0.2, 0) is 11.2 Å². The summed E-state index contributed by atoms with van der Waals surface area (Å²) in [6, 6.07) is 5.83. The number of nitrogens with zero attached hydrogens (tertiary/aromatic N) is 3. The van der Waals surface area contributed by atoms with Crippen molar-refractivity contribution in [1.29, 1.82) is 0 Å². The minimum Gasteiger partial charge on any atom is -0.493 e. The minimum absolute atomic E-state index is 0.0150. The number of fused-ring (bicyclic) bond motifs is 1. The van der Waals surface area contributed by atoms with E-state index in [4.69, 9.17) is 13.9 Å². The first-order valence-electron chi connectivity index (χ1n) is 11.0. The molecule has 0 aliphatic carbocycles. The van der Waals surface area contributed by atoms with Crippen LogP contribution in [0.2, 0.25) is 0 Å². The lowest BCUT2D eigenvalue weighted by molar-refractivity contribution is -0.125. The number of rotatable bonds is 7. The SMILES string of the molecule is COc1ccc(CCNC(=O)C2CCN(c3ncnc4oc(C)c(C)c34)CC2)cc1OC. The van der Waals surface area contributed by atoms with E-state index in [2.05, 4.69) is 20.2 Å². The Morgan fingerprint density at radius 3 is 2.62 bits per heavy atom. The number of furan rings is 1. The van der Waals surface area contributed by atoms with Crippen LogP contribution in [0, 0.1) is 19.8 Å². The van der Waals surface area contributed by atoms with Gasteiger partial charge in [-0.2, -0.15) is 0 Å². The van der Waals surface area contributed by atoms with Crippen molar-refractivity contribution >= 4 is 22.8 Å². The molecule has 2 aromatic heterocycles. The highest BCUT2D eigenvalue weighted by atomic mass is 16.5. The number of aryl methyl sites for hydroxylation is 2. The number of benzene rings is 1. The molecule has 0 spiro atoms. The van der Waals surface area contributed by atoms with Crippen molar-refractivity contribution in [3.8, 4) is 11.5 Å². The molecule has 8 heteroatoms. The largest absolute Gasteiger partial charge is 0.493 e. The molecule has 1 amide bonds. The van der Waals surface area contributed by atoms with Crippen LogP contribution >= 0.6 is 0 Å². The van der Waals surface area contributed by atoms with Gasteiger partial charge in [-0.05, 0) is 50.8 Å². The molecule has 0 atom stereocenters. The highest BCUT2D eigenvalue weighted by Gasteiger charge is 2.27. The molecule has 1 fully saturated rings. The van der Waals surface area contributed by atoms with Gasteiger partial charge >= 0.3 is 0 Å². The van der Waals surface area contributed by atoms with E-state index >= 15 is 0 Å². The smallest absolute Gasteiger partial charge is 0.231 e. The fourth-order valence-electron chi connectivity index (χ4n) is 4.27. The molecule has 1 aliphatic heterocycles. The van der Waals surface area contributed by atoms with Gasteiger partial charge in [0, 0.05) is 31.1 Å². The van der Waals surface area contributed by atoms with Crippen LogP contribution in [0.15, 0.2) is 28.9 Å². The highest BCUT2D eigenvalue weighted by Crippen LogP contribution is 2.32. The van der Waals surface area contributed by atoms with Crippen LogP contribution in [0.4, 0.5) is 5.82 Å². The first kappa shape index (κ1) is 21.9. The van der Waals surface area contributed by atoms with Crippen LogP contribution < -0.4 is 19.7 Å². The van der Waals surface area contributed by atoms with Gasteiger partial charge in [-0.25, -0.2) is 9.97 Å². The number of aromatic nitrogens is 2. The number of ether oxygens (including phenoxy) is 2. The Labute approximate surface area is 187 Å². The fourth-order valence-corrected chi connectivity index (χ4v) is 4.27. The van der Waals surface area contributed by atoms with Crippen molar-refractivity contribution < 1.29 is 18.7 Å². The molecular formula is C24H30N4O4. The van der Waals surface area contributed by atoms with Gasteiger partial charge in [0.25, 0.3) is 0 Å². The van der Waals surface area contributed by atoms with Crippen molar-refractivity contribution in [2.24, 2.45) is 5.92 Å². The van der Waals surface area contributed by atoms with Crippen LogP contribution in [0.1, 0.15) is 29.7 Å². The topological polar surface area (TPSA) is 89.7 Å². The number of hydrogen-bond donors (Lipinski definition) is 1. The molecule has 1 aromatic carbocycles. The predicted molar refractivity (Wildman–Crippen MR) is 122 cm³/mol. The van der Waals surface area contributed by atoms with E-state index in [1.807, 2.05) is 32.0 Å². The van der Waals surface area contributed by atoms with Crippen molar-refractivity contribution in [1.82, 2.24) is 15.3 Å². The molecule has 1 aliphatic rings. The molecule has 0 bridgehead atoms. The Hall–Kier alpha value is -3.29. The molecule has 32 heavy (non-hydrogen) atoms. The summed E-state index contributed by atoms with van der Waals surface area (Å²) < 4.78 is 16.4. The Kier molecular flexibility index (Phi) is 6.48. The van der Waals surface area contributed by atoms with E-state index < -0.39 is 0 Å². The minimum atomic E-state index is 0.0150. The molecule has 0 unspecified atom stereocenters. The summed E-state index contributed by atoms with van der Waals surface area (Å²) in [5, 5.41) is 4.07. The molecule has 0 radical (unpaired) electrons. The number of anilines is 1. The van der Waals surface area contributed by atoms with E-state index in [-0.39, 0.29) is 11.8 Å². The van der Waals surface area contributed by atoms with Gasteiger partial charge in [-0.3, -0.25) is 4.79 Å². The fraction of sp³-hybridized carbons (Fsp3) is 0.458. The number of carbonyl (C=O) groups excluding carboxylic acids is 1. The summed E-state index contributed by atoms with van der Waals surface area (Å²) in [4.78, 5) is 23.7. The normalized spacial score (nSPS) is 14.6. The van der Waals surface area contributed by atoms with E-state index in [1.165, 1.54) is 0 Å². The molecular weight excluding hydrogens is 408 g/mol. The van der Waals surface area contributed by atoms with E-state index in [0.717, 1.165) is 60.4 Å². The second-order valence-electron chi connectivity index (χ2n) is 8.15. The summed E-state index contributed by atoms with van der Waals surface area (Å²) in [5.74, 6) is 3.30. The number of nitrogens with one attached hydrogen (secondary N) is 1. The molecule has 0 saturated carbocycles. The summed E-state index contributed by atoms with van der Waals surface area (Å²) in [7, 11) is 3.24. The van der Waals surface area contributed by atoms with Crippen molar-refractivity contribution in [2.75, 3.05) is 38.8 Å². The van der Waals surface area contributed by atoms with Crippen molar-refractivity contribution in [2.45, 2.75) is 33.1 Å². The summed E-state index contributed by atoms with van der Waals surface area (Å²) in [5.41, 5.74) is 2.79. The molecule has 8 nitrogen and oxygen atoms in total. The van der Waals surface area contributed by atoms with Gasteiger partial charge in [-0.15, -0.1) is 0 Å². The number of piperidine rings is 1. The van der Waals surface area contributed by atoms with Gasteiger partial charge in [0.2, 0.25) is 11.6 Å². The van der Waals surface area contributed by atoms with Crippen LogP contribution in [-0.4, -0.2) is 49.7 Å². The van der Waals surface area contributed by atoms with Gasteiger partial charge in [-0.1, -0.05) is 6.07 Å². The zero-order valence-corrected chi connectivity index (χ0v) is 19.1. The molecule has 1 saturated heterocycles. The van der Waals surface area contributed by atoms with Crippen molar-refractivity contribution in [3.63, 3.8) is 0 Å². The third kappa shape index (κ3) is 4.35. The summed E-state index contributed by atoms with van der Waals surface area (Å²) in [6.45, 7) is 6.13. The average molecular weight is 439 g/mol. The Morgan fingerprint density at radius 2 is 1.91 bits per heavy atom. The first-order chi connectivity index (χ1) is 15.5. The third-order valence-electron chi connectivity index (χ3n) is 6.27. The van der Waals surface area contributed by atoms with Gasteiger partial charge in [0.1, 0.15) is 17.9 Å². The maximum absolute atomic E-state index is 12.7. The molecule has 1 N–H and O–H groups in total. The number of hydrogen-bond acceptors (Lipinski definition) is 7. The molecule has 4 rings (SSSR count). The maximum atomic E-state index is 12.7. The Morgan fingerprint density at radius 1 is 1.16 bits per heavy atom. The molecule has 170 valence electrons. The van der Waals surface area contributed by atoms with E-state index in [1.54, 1.807) is 20.5 Å². The van der Waals surface area contributed by atoms with E-state index in [9.17, 15) is 4.79 Å². The predicted octanol–water partition coefficient (Wildman–Crippen LogP) is 3.43. The number of carbonyl (C=O) groups is 1.